The molecule has 2 atom stereocenters. The second kappa shape index (κ2) is 12.6. The standard InChI is InChI=1S/C14H20N2O2.C13H18N2O2/c1-11-10-16(9-8-15(11)2)13-6-4-12(5-7-13)14(17)18-3;1-10-9-15(8-7-14-10)12-5-3-11(4-6-12)13(16)17-2/h4-7,11H,8-10H2,1-3H3;3-6,10,14H,7-9H2,1-2H3/t11-;10-/m11/s1. The van der Waals surface area contributed by atoms with Gasteiger partial charge in [0.2, 0.25) is 0 Å². The first-order valence-corrected chi connectivity index (χ1v) is 12.1. The van der Waals surface area contributed by atoms with Gasteiger partial charge in [-0.1, -0.05) is 0 Å². The van der Waals surface area contributed by atoms with Crippen LogP contribution in [0.15, 0.2) is 48.5 Å². The highest BCUT2D eigenvalue weighted by atomic mass is 16.5. The van der Waals surface area contributed by atoms with Crippen molar-refractivity contribution in [3.63, 3.8) is 0 Å². The van der Waals surface area contributed by atoms with E-state index in [1.165, 1.54) is 19.9 Å². The number of ether oxygens (including phenoxy) is 2. The summed E-state index contributed by atoms with van der Waals surface area (Å²) >= 11 is 0. The second-order valence-corrected chi connectivity index (χ2v) is 9.15. The highest BCUT2D eigenvalue weighted by Crippen LogP contribution is 2.20. The lowest BCUT2D eigenvalue weighted by molar-refractivity contribution is 0.0592. The number of piperazine rings is 2. The molecule has 2 saturated heterocycles. The zero-order chi connectivity index (χ0) is 25.4. The molecule has 2 fully saturated rings. The molecule has 190 valence electrons. The molecule has 8 heteroatoms. The Morgan fingerprint density at radius 3 is 1.69 bits per heavy atom. The van der Waals surface area contributed by atoms with E-state index in [-0.39, 0.29) is 11.9 Å². The number of esters is 2. The van der Waals surface area contributed by atoms with E-state index < -0.39 is 0 Å². The van der Waals surface area contributed by atoms with Crippen LogP contribution in [0.5, 0.6) is 0 Å². The van der Waals surface area contributed by atoms with Gasteiger partial charge in [-0.05, 0) is 69.4 Å². The van der Waals surface area contributed by atoms with Gasteiger partial charge >= 0.3 is 11.9 Å². The number of hydrogen-bond acceptors (Lipinski definition) is 8. The maximum absolute atomic E-state index is 11.4. The number of methoxy groups -OCH3 is 2. The summed E-state index contributed by atoms with van der Waals surface area (Å²) in [5.41, 5.74) is 3.52. The molecule has 2 aromatic rings. The van der Waals surface area contributed by atoms with E-state index in [1.54, 1.807) is 0 Å². The average molecular weight is 483 g/mol. The minimum atomic E-state index is -0.287. The lowest BCUT2D eigenvalue weighted by Crippen LogP contribution is -2.50. The van der Waals surface area contributed by atoms with Crippen LogP contribution in [0, 0.1) is 0 Å². The van der Waals surface area contributed by atoms with Crippen LogP contribution in [0.3, 0.4) is 0 Å². The van der Waals surface area contributed by atoms with E-state index >= 15 is 0 Å². The minimum absolute atomic E-state index is 0.284. The highest BCUT2D eigenvalue weighted by Gasteiger charge is 2.21. The molecule has 0 saturated carbocycles. The maximum Gasteiger partial charge on any atom is 0.337 e. The normalized spacial score (nSPS) is 20.5. The van der Waals surface area contributed by atoms with Gasteiger partial charge in [0.25, 0.3) is 0 Å². The summed E-state index contributed by atoms with van der Waals surface area (Å²) in [6.07, 6.45) is 0. The van der Waals surface area contributed by atoms with Crippen molar-refractivity contribution in [1.82, 2.24) is 10.2 Å². The monoisotopic (exact) mass is 482 g/mol. The lowest BCUT2D eigenvalue weighted by Gasteiger charge is -2.39. The molecule has 0 spiro atoms. The zero-order valence-corrected chi connectivity index (χ0v) is 21.5. The molecule has 0 unspecified atom stereocenters. The SMILES string of the molecule is COC(=O)c1ccc(N2CCN(C)[C@H](C)C2)cc1.COC(=O)c1ccc(N2CCN[C@H](C)C2)cc1. The molecule has 4 rings (SSSR count). The zero-order valence-electron chi connectivity index (χ0n) is 21.5. The van der Waals surface area contributed by atoms with Crippen LogP contribution in [-0.4, -0.2) is 89.5 Å². The van der Waals surface area contributed by atoms with Gasteiger partial charge in [0, 0.05) is 62.7 Å². The smallest absolute Gasteiger partial charge is 0.337 e. The summed E-state index contributed by atoms with van der Waals surface area (Å²) in [6, 6.07) is 16.3. The van der Waals surface area contributed by atoms with Crippen LogP contribution < -0.4 is 15.1 Å². The number of carbonyl (C=O) groups excluding carboxylic acids is 2. The molecule has 2 heterocycles. The van der Waals surface area contributed by atoms with E-state index in [0.717, 1.165) is 45.0 Å². The summed E-state index contributed by atoms with van der Waals surface area (Å²) in [4.78, 5) is 29.7. The Labute approximate surface area is 208 Å². The average Bonchev–Trinajstić information content (AvgIpc) is 2.90. The maximum atomic E-state index is 11.4. The molecule has 2 aromatic carbocycles. The fourth-order valence-electron chi connectivity index (χ4n) is 4.30. The molecule has 0 radical (unpaired) electrons. The predicted molar refractivity (Wildman–Crippen MR) is 140 cm³/mol. The van der Waals surface area contributed by atoms with E-state index in [1.807, 2.05) is 48.5 Å². The second-order valence-electron chi connectivity index (χ2n) is 9.15. The fourth-order valence-corrected chi connectivity index (χ4v) is 4.30. The van der Waals surface area contributed by atoms with Gasteiger partial charge in [0.15, 0.2) is 0 Å². The molecule has 0 bridgehead atoms. The molecule has 2 aliphatic heterocycles. The fraction of sp³-hybridized carbons (Fsp3) is 0.481. The van der Waals surface area contributed by atoms with Gasteiger partial charge in [-0.2, -0.15) is 0 Å². The van der Waals surface area contributed by atoms with E-state index in [9.17, 15) is 9.59 Å². The summed E-state index contributed by atoms with van der Waals surface area (Å²) in [5.74, 6) is -0.571. The molecule has 0 amide bonds. The number of anilines is 2. The first-order valence-electron chi connectivity index (χ1n) is 12.1. The van der Waals surface area contributed by atoms with Crippen LogP contribution >= 0.6 is 0 Å². The largest absolute Gasteiger partial charge is 0.465 e. The van der Waals surface area contributed by atoms with Crippen molar-refractivity contribution in [3.8, 4) is 0 Å². The van der Waals surface area contributed by atoms with Gasteiger partial charge in [0.05, 0.1) is 25.3 Å². The molecule has 8 nitrogen and oxygen atoms in total. The third kappa shape index (κ3) is 7.19. The summed E-state index contributed by atoms with van der Waals surface area (Å²) in [5, 5.41) is 3.40. The Bertz CT molecular complexity index is 964. The van der Waals surface area contributed by atoms with E-state index in [0.29, 0.717) is 23.2 Å². The third-order valence-corrected chi connectivity index (χ3v) is 6.64. The summed E-state index contributed by atoms with van der Waals surface area (Å²) in [7, 11) is 4.95. The Morgan fingerprint density at radius 1 is 0.771 bits per heavy atom. The number of carbonyl (C=O) groups is 2. The van der Waals surface area contributed by atoms with Crippen LogP contribution in [0.1, 0.15) is 34.6 Å². The Balaban J connectivity index is 0.000000196. The molecule has 0 aromatic heterocycles. The lowest BCUT2D eigenvalue weighted by atomic mass is 10.1. The molecular formula is C27H38N4O4. The topological polar surface area (TPSA) is 74.4 Å². The number of hydrogen-bond donors (Lipinski definition) is 1. The van der Waals surface area contributed by atoms with Crippen LogP contribution in [0.2, 0.25) is 0 Å². The van der Waals surface area contributed by atoms with Crippen molar-refractivity contribution in [2.75, 3.05) is 70.3 Å². The van der Waals surface area contributed by atoms with Crippen LogP contribution in [0.4, 0.5) is 11.4 Å². The van der Waals surface area contributed by atoms with Crippen molar-refractivity contribution < 1.29 is 19.1 Å². The number of benzene rings is 2. The Hall–Kier alpha value is -3.10. The van der Waals surface area contributed by atoms with Gasteiger partial charge in [-0.25, -0.2) is 9.59 Å². The molecule has 35 heavy (non-hydrogen) atoms. The number of nitrogens with zero attached hydrogens (tertiary/aromatic N) is 3. The van der Waals surface area contributed by atoms with Crippen molar-refractivity contribution in [2.24, 2.45) is 0 Å². The van der Waals surface area contributed by atoms with Crippen molar-refractivity contribution in [3.05, 3.63) is 59.7 Å². The minimum Gasteiger partial charge on any atom is -0.465 e. The van der Waals surface area contributed by atoms with Gasteiger partial charge in [-0.3, -0.25) is 0 Å². The van der Waals surface area contributed by atoms with Crippen LogP contribution in [0.25, 0.3) is 0 Å². The highest BCUT2D eigenvalue weighted by molar-refractivity contribution is 5.90. The van der Waals surface area contributed by atoms with Gasteiger partial charge < -0.3 is 29.5 Å². The van der Waals surface area contributed by atoms with Gasteiger partial charge in [-0.15, -0.1) is 0 Å². The number of nitrogens with one attached hydrogen (secondary N) is 1. The Kier molecular flexibility index (Phi) is 9.51. The van der Waals surface area contributed by atoms with E-state index in [2.05, 4.69) is 45.6 Å². The predicted octanol–water partition coefficient (Wildman–Crippen LogP) is 2.88. The molecule has 1 N–H and O–H groups in total. The van der Waals surface area contributed by atoms with Gasteiger partial charge in [0.1, 0.15) is 0 Å². The quantitative estimate of drug-likeness (QED) is 0.667. The van der Waals surface area contributed by atoms with Crippen molar-refractivity contribution in [2.45, 2.75) is 25.9 Å². The third-order valence-electron chi connectivity index (χ3n) is 6.64. The van der Waals surface area contributed by atoms with Crippen LogP contribution in [-0.2, 0) is 9.47 Å². The number of likely N-dealkylation sites (N-methyl/N-ethyl adjacent to an activating group) is 1. The summed E-state index contributed by atoms with van der Waals surface area (Å²) < 4.78 is 9.37. The molecule has 2 aliphatic rings. The summed E-state index contributed by atoms with van der Waals surface area (Å²) in [6.45, 7) is 10.5. The first kappa shape index (κ1) is 26.5. The Morgan fingerprint density at radius 2 is 1.26 bits per heavy atom. The van der Waals surface area contributed by atoms with Crippen molar-refractivity contribution in [1.29, 1.82) is 0 Å². The first-order chi connectivity index (χ1) is 16.8. The molecule has 0 aliphatic carbocycles. The molecular weight excluding hydrogens is 444 g/mol. The van der Waals surface area contributed by atoms with Crippen molar-refractivity contribution >= 4 is 23.3 Å². The number of rotatable bonds is 4. The van der Waals surface area contributed by atoms with E-state index in [4.69, 9.17) is 4.74 Å².